The number of furan rings is 1. The Morgan fingerprint density at radius 3 is 2.16 bits per heavy atom. The Balaban J connectivity index is 0.000000229. The van der Waals surface area contributed by atoms with Gasteiger partial charge in [0, 0.05) is 43.4 Å². The number of ketones is 1. The van der Waals surface area contributed by atoms with Crippen LogP contribution in [0.5, 0.6) is 0 Å². The molecule has 0 atom stereocenters. The van der Waals surface area contributed by atoms with Crippen molar-refractivity contribution in [3.05, 3.63) is 70.5 Å². The van der Waals surface area contributed by atoms with E-state index in [4.69, 9.17) is 4.42 Å². The van der Waals surface area contributed by atoms with Gasteiger partial charge in [0.05, 0.1) is 5.56 Å². The molecule has 1 aliphatic heterocycles. The molecular weight excluding hydrogens is 388 g/mol. The van der Waals surface area contributed by atoms with Gasteiger partial charge in [0.1, 0.15) is 11.3 Å². The van der Waals surface area contributed by atoms with E-state index >= 15 is 0 Å². The van der Waals surface area contributed by atoms with Crippen LogP contribution in [0.2, 0.25) is 0 Å². The SMILES string of the molecule is CCN(CC)N1CCC1=O.CCc1oc2ccccc2c1C(=O)c1cc(C)cc(C)c1. The normalized spacial score (nSPS) is 13.2. The predicted molar refractivity (Wildman–Crippen MR) is 124 cm³/mol. The fourth-order valence-corrected chi connectivity index (χ4v) is 4.01. The van der Waals surface area contributed by atoms with Gasteiger partial charge in [0.15, 0.2) is 5.78 Å². The number of aryl methyl sites for hydroxylation is 3. The van der Waals surface area contributed by atoms with Gasteiger partial charge in [-0.3, -0.25) is 14.6 Å². The second-order valence-electron chi connectivity index (χ2n) is 7.86. The van der Waals surface area contributed by atoms with E-state index < -0.39 is 0 Å². The zero-order chi connectivity index (χ0) is 22.5. The van der Waals surface area contributed by atoms with Crippen molar-refractivity contribution in [2.45, 2.75) is 47.5 Å². The second-order valence-corrected chi connectivity index (χ2v) is 7.86. The molecule has 1 fully saturated rings. The number of hydrogen-bond donors (Lipinski definition) is 0. The Kier molecular flexibility index (Phi) is 7.29. The first-order valence-electron chi connectivity index (χ1n) is 11.1. The van der Waals surface area contributed by atoms with Crippen molar-refractivity contribution in [1.82, 2.24) is 10.0 Å². The first-order valence-corrected chi connectivity index (χ1v) is 11.1. The van der Waals surface area contributed by atoms with Crippen LogP contribution in [0.3, 0.4) is 0 Å². The van der Waals surface area contributed by atoms with Gasteiger partial charge in [0.25, 0.3) is 0 Å². The summed E-state index contributed by atoms with van der Waals surface area (Å²) < 4.78 is 5.83. The van der Waals surface area contributed by atoms with E-state index in [1.807, 2.05) is 62.2 Å². The maximum Gasteiger partial charge on any atom is 0.238 e. The number of benzene rings is 2. The summed E-state index contributed by atoms with van der Waals surface area (Å²) in [5.74, 6) is 1.08. The molecule has 0 spiro atoms. The zero-order valence-electron chi connectivity index (χ0n) is 19.2. The topological polar surface area (TPSA) is 53.8 Å². The Morgan fingerprint density at radius 2 is 1.68 bits per heavy atom. The lowest BCUT2D eigenvalue weighted by Gasteiger charge is -2.39. The third-order valence-electron chi connectivity index (χ3n) is 5.60. The minimum atomic E-state index is 0.0450. The Labute approximate surface area is 184 Å². The molecule has 5 nitrogen and oxygen atoms in total. The van der Waals surface area contributed by atoms with Gasteiger partial charge in [-0.15, -0.1) is 0 Å². The maximum absolute atomic E-state index is 12.9. The van der Waals surface area contributed by atoms with E-state index in [1.54, 1.807) is 0 Å². The monoisotopic (exact) mass is 420 g/mol. The number of nitrogens with zero attached hydrogens (tertiary/aromatic N) is 2. The van der Waals surface area contributed by atoms with Crippen molar-refractivity contribution in [2.24, 2.45) is 0 Å². The van der Waals surface area contributed by atoms with Gasteiger partial charge < -0.3 is 4.42 Å². The van der Waals surface area contributed by atoms with Crippen LogP contribution in [-0.2, 0) is 11.2 Å². The smallest absolute Gasteiger partial charge is 0.238 e. The molecule has 31 heavy (non-hydrogen) atoms. The summed E-state index contributed by atoms with van der Waals surface area (Å²) in [7, 11) is 0. The standard InChI is InChI=1S/C19H18O2.C7H14N2O/c1-4-16-18(15-7-5-6-8-17(15)21-16)19(20)14-10-12(2)9-13(3)11-14;1-3-8(4-2)9-6-5-7(9)10/h5-11H,4H2,1-3H3;3-6H2,1-2H3. The molecule has 0 aliphatic carbocycles. The first-order chi connectivity index (χ1) is 14.9. The molecule has 1 aromatic heterocycles. The third kappa shape index (κ3) is 4.88. The average molecular weight is 421 g/mol. The van der Waals surface area contributed by atoms with Crippen LogP contribution in [0, 0.1) is 13.8 Å². The summed E-state index contributed by atoms with van der Waals surface area (Å²) in [5, 5.41) is 4.78. The summed E-state index contributed by atoms with van der Waals surface area (Å²) >= 11 is 0. The van der Waals surface area contributed by atoms with Gasteiger partial charge in [-0.2, -0.15) is 0 Å². The molecule has 0 saturated carbocycles. The van der Waals surface area contributed by atoms with Gasteiger partial charge in [-0.25, -0.2) is 5.01 Å². The van der Waals surface area contributed by atoms with E-state index in [0.29, 0.717) is 12.0 Å². The highest BCUT2D eigenvalue weighted by Gasteiger charge is 2.27. The minimum absolute atomic E-state index is 0.0450. The predicted octanol–water partition coefficient (Wildman–Crippen LogP) is 5.32. The van der Waals surface area contributed by atoms with E-state index in [2.05, 4.69) is 24.9 Å². The quantitative estimate of drug-likeness (QED) is 0.400. The molecule has 1 amide bonds. The van der Waals surface area contributed by atoms with Gasteiger partial charge >= 0.3 is 0 Å². The number of para-hydroxylation sites is 1. The highest BCUT2D eigenvalue weighted by molar-refractivity contribution is 6.17. The van der Waals surface area contributed by atoms with Crippen LogP contribution in [0.25, 0.3) is 11.0 Å². The number of fused-ring (bicyclic) bond motifs is 1. The van der Waals surface area contributed by atoms with Crippen LogP contribution < -0.4 is 0 Å². The Hall–Kier alpha value is -2.92. The number of hydrazine groups is 1. The fourth-order valence-electron chi connectivity index (χ4n) is 4.01. The fraction of sp³-hybridized carbons (Fsp3) is 0.385. The first kappa shape index (κ1) is 22.8. The van der Waals surface area contributed by atoms with E-state index in [9.17, 15) is 9.59 Å². The van der Waals surface area contributed by atoms with E-state index in [1.165, 1.54) is 0 Å². The number of carbonyl (C=O) groups is 2. The van der Waals surface area contributed by atoms with Crippen LogP contribution in [0.15, 0.2) is 46.9 Å². The summed E-state index contributed by atoms with van der Waals surface area (Å²) in [6.45, 7) is 12.9. The lowest BCUT2D eigenvalue weighted by atomic mass is 9.97. The highest BCUT2D eigenvalue weighted by Crippen LogP contribution is 2.29. The molecule has 0 unspecified atom stereocenters. The molecule has 4 rings (SSSR count). The largest absolute Gasteiger partial charge is 0.460 e. The minimum Gasteiger partial charge on any atom is -0.460 e. The van der Waals surface area contributed by atoms with E-state index in [0.717, 1.165) is 59.5 Å². The maximum atomic E-state index is 12.9. The summed E-state index contributed by atoms with van der Waals surface area (Å²) in [6.07, 6.45) is 1.44. The van der Waals surface area contributed by atoms with Crippen molar-refractivity contribution < 1.29 is 14.0 Å². The molecular formula is C26H32N2O3. The number of hydrogen-bond acceptors (Lipinski definition) is 4. The molecule has 2 heterocycles. The molecule has 1 aliphatic rings. The average Bonchev–Trinajstić information content (AvgIpc) is 3.14. The van der Waals surface area contributed by atoms with Crippen molar-refractivity contribution in [3.63, 3.8) is 0 Å². The molecule has 3 aromatic rings. The Bertz CT molecular complexity index is 1060. The van der Waals surface area contributed by atoms with Gasteiger partial charge in [-0.05, 0) is 32.0 Å². The summed E-state index contributed by atoms with van der Waals surface area (Å²) in [4.78, 5) is 23.8. The van der Waals surface area contributed by atoms with Crippen molar-refractivity contribution in [2.75, 3.05) is 19.6 Å². The van der Waals surface area contributed by atoms with Crippen molar-refractivity contribution >= 4 is 22.7 Å². The van der Waals surface area contributed by atoms with Crippen molar-refractivity contribution in [1.29, 1.82) is 0 Å². The second kappa shape index (κ2) is 9.92. The Morgan fingerprint density at radius 1 is 1.03 bits per heavy atom. The number of amides is 1. The van der Waals surface area contributed by atoms with Crippen molar-refractivity contribution in [3.8, 4) is 0 Å². The van der Waals surface area contributed by atoms with Crippen LogP contribution >= 0.6 is 0 Å². The van der Waals surface area contributed by atoms with Crippen LogP contribution in [0.4, 0.5) is 0 Å². The lowest BCUT2D eigenvalue weighted by Crippen LogP contribution is -2.54. The summed E-state index contributed by atoms with van der Waals surface area (Å²) in [6, 6.07) is 13.7. The molecule has 0 N–H and O–H groups in total. The molecule has 2 aromatic carbocycles. The summed E-state index contributed by atoms with van der Waals surface area (Å²) in [5.41, 5.74) is 4.42. The zero-order valence-corrected chi connectivity index (χ0v) is 19.2. The lowest BCUT2D eigenvalue weighted by molar-refractivity contribution is -0.163. The number of β-lactam (4-membered cyclic amide) rings is 1. The van der Waals surface area contributed by atoms with Gasteiger partial charge in [-0.1, -0.05) is 56.2 Å². The van der Waals surface area contributed by atoms with Crippen LogP contribution in [0.1, 0.15) is 60.0 Å². The molecule has 5 heteroatoms. The number of rotatable bonds is 6. The van der Waals surface area contributed by atoms with E-state index in [-0.39, 0.29) is 11.7 Å². The highest BCUT2D eigenvalue weighted by atomic mass is 16.3. The third-order valence-corrected chi connectivity index (χ3v) is 5.60. The number of carbonyl (C=O) groups excluding carboxylic acids is 2. The molecule has 0 radical (unpaired) electrons. The molecule has 0 bridgehead atoms. The van der Waals surface area contributed by atoms with Crippen LogP contribution in [-0.4, -0.2) is 41.3 Å². The van der Waals surface area contributed by atoms with Gasteiger partial charge in [0.2, 0.25) is 5.91 Å². The molecule has 1 saturated heterocycles. The molecule has 164 valence electrons.